The third kappa shape index (κ3) is 2.82. The number of rotatable bonds is 4. The molecule has 68 valence electrons. The Hall–Kier alpha value is -1.44. The Morgan fingerprint density at radius 1 is 1.46 bits per heavy atom. The number of Topliss-reactive ketones (excluding diaryl/α,β-unsaturated/α-hetero) is 1. The predicted octanol–water partition coefficient (Wildman–Crippen LogP) is 1.89. The van der Waals surface area contributed by atoms with Crippen molar-refractivity contribution in [2.75, 3.05) is 0 Å². The SMILES string of the molecule is C=N[C@@H](Cc1ccccc1)C(C)=O. The predicted molar refractivity (Wildman–Crippen MR) is 54.2 cm³/mol. The maximum Gasteiger partial charge on any atom is 0.154 e. The molecule has 0 radical (unpaired) electrons. The van der Waals surface area contributed by atoms with Gasteiger partial charge in [0.05, 0.1) is 0 Å². The fraction of sp³-hybridized carbons (Fsp3) is 0.273. The smallest absolute Gasteiger partial charge is 0.154 e. The molecular weight excluding hydrogens is 162 g/mol. The normalized spacial score (nSPS) is 12.1. The first-order valence-corrected chi connectivity index (χ1v) is 4.24. The van der Waals surface area contributed by atoms with Gasteiger partial charge in [-0.1, -0.05) is 30.3 Å². The summed E-state index contributed by atoms with van der Waals surface area (Å²) in [4.78, 5) is 14.8. The van der Waals surface area contributed by atoms with Crippen LogP contribution in [0.1, 0.15) is 12.5 Å². The minimum absolute atomic E-state index is 0.0684. The standard InChI is InChI=1S/C11H13NO/c1-9(13)11(12-2)8-10-6-4-3-5-7-10/h3-7,11H,2,8H2,1H3/t11-/m0/s1. The molecule has 1 aromatic carbocycles. The van der Waals surface area contributed by atoms with E-state index in [4.69, 9.17) is 0 Å². The maximum atomic E-state index is 11.0. The van der Waals surface area contributed by atoms with Crippen molar-refractivity contribution in [1.29, 1.82) is 0 Å². The molecule has 0 spiro atoms. The number of nitrogens with zero attached hydrogens (tertiary/aromatic N) is 1. The first-order chi connectivity index (χ1) is 6.24. The van der Waals surface area contributed by atoms with Gasteiger partial charge in [-0.2, -0.15) is 0 Å². The summed E-state index contributed by atoms with van der Waals surface area (Å²) in [5, 5.41) is 0. The van der Waals surface area contributed by atoms with Crippen LogP contribution >= 0.6 is 0 Å². The molecule has 0 amide bonds. The Morgan fingerprint density at radius 2 is 2.08 bits per heavy atom. The van der Waals surface area contributed by atoms with Crippen LogP contribution < -0.4 is 0 Å². The highest BCUT2D eigenvalue weighted by Crippen LogP contribution is 2.05. The van der Waals surface area contributed by atoms with Gasteiger partial charge < -0.3 is 0 Å². The van der Waals surface area contributed by atoms with Gasteiger partial charge in [0.15, 0.2) is 5.78 Å². The Morgan fingerprint density at radius 3 is 2.54 bits per heavy atom. The minimum atomic E-state index is -0.289. The van der Waals surface area contributed by atoms with Crippen LogP contribution in [0.15, 0.2) is 35.3 Å². The summed E-state index contributed by atoms with van der Waals surface area (Å²) in [6, 6.07) is 9.54. The number of hydrogen-bond acceptors (Lipinski definition) is 2. The molecule has 0 saturated carbocycles. The highest BCUT2D eigenvalue weighted by Gasteiger charge is 2.10. The van der Waals surface area contributed by atoms with Gasteiger partial charge in [0, 0.05) is 6.42 Å². The van der Waals surface area contributed by atoms with Crippen LogP contribution in [-0.4, -0.2) is 18.5 Å². The van der Waals surface area contributed by atoms with Gasteiger partial charge in [0.2, 0.25) is 0 Å². The quantitative estimate of drug-likeness (QED) is 0.642. The highest BCUT2D eigenvalue weighted by molar-refractivity contribution is 5.82. The van der Waals surface area contributed by atoms with Crippen LogP contribution in [0.2, 0.25) is 0 Å². The van der Waals surface area contributed by atoms with E-state index < -0.39 is 0 Å². The number of ketones is 1. The molecule has 2 heteroatoms. The number of carbonyl (C=O) groups excluding carboxylic acids is 1. The monoisotopic (exact) mass is 175 g/mol. The summed E-state index contributed by atoms with van der Waals surface area (Å²) in [6.45, 7) is 4.95. The van der Waals surface area contributed by atoms with Crippen molar-refractivity contribution in [1.82, 2.24) is 0 Å². The molecule has 0 aliphatic heterocycles. The highest BCUT2D eigenvalue weighted by atomic mass is 16.1. The van der Waals surface area contributed by atoms with E-state index in [2.05, 4.69) is 11.7 Å². The lowest BCUT2D eigenvalue weighted by molar-refractivity contribution is -0.118. The molecule has 0 aliphatic rings. The number of benzene rings is 1. The molecule has 2 nitrogen and oxygen atoms in total. The lowest BCUT2D eigenvalue weighted by Gasteiger charge is -2.07. The lowest BCUT2D eigenvalue weighted by Crippen LogP contribution is -2.17. The Labute approximate surface area is 78.3 Å². The number of hydrogen-bond donors (Lipinski definition) is 0. The Bertz CT molecular complexity index is 292. The zero-order chi connectivity index (χ0) is 9.68. The third-order valence-corrected chi connectivity index (χ3v) is 1.96. The van der Waals surface area contributed by atoms with Gasteiger partial charge in [0.25, 0.3) is 0 Å². The summed E-state index contributed by atoms with van der Waals surface area (Å²) in [6.07, 6.45) is 0.652. The lowest BCUT2D eigenvalue weighted by atomic mass is 10.0. The van der Waals surface area contributed by atoms with Crippen molar-refractivity contribution < 1.29 is 4.79 Å². The van der Waals surface area contributed by atoms with Crippen molar-refractivity contribution in [3.05, 3.63) is 35.9 Å². The van der Waals surface area contributed by atoms with Crippen LogP contribution in [-0.2, 0) is 11.2 Å². The summed E-state index contributed by atoms with van der Waals surface area (Å²) in [5.41, 5.74) is 1.12. The van der Waals surface area contributed by atoms with Gasteiger partial charge >= 0.3 is 0 Å². The molecular formula is C11H13NO. The van der Waals surface area contributed by atoms with Crippen molar-refractivity contribution in [3.8, 4) is 0 Å². The molecule has 1 aromatic rings. The van der Waals surface area contributed by atoms with E-state index in [0.29, 0.717) is 6.42 Å². The second-order valence-corrected chi connectivity index (χ2v) is 3.00. The van der Waals surface area contributed by atoms with Crippen molar-refractivity contribution in [3.63, 3.8) is 0 Å². The van der Waals surface area contributed by atoms with E-state index in [0.717, 1.165) is 5.56 Å². The Kier molecular flexibility index (Phi) is 3.38. The van der Waals surface area contributed by atoms with Gasteiger partial charge in [-0.05, 0) is 19.2 Å². The zero-order valence-corrected chi connectivity index (χ0v) is 7.73. The molecule has 13 heavy (non-hydrogen) atoms. The fourth-order valence-corrected chi connectivity index (χ4v) is 1.17. The van der Waals surface area contributed by atoms with Gasteiger partial charge in [-0.25, -0.2) is 0 Å². The molecule has 0 fully saturated rings. The van der Waals surface area contributed by atoms with Gasteiger partial charge in [-0.15, -0.1) is 0 Å². The van der Waals surface area contributed by atoms with E-state index >= 15 is 0 Å². The summed E-state index contributed by atoms with van der Waals surface area (Å²) < 4.78 is 0. The third-order valence-electron chi connectivity index (χ3n) is 1.96. The van der Waals surface area contributed by atoms with Gasteiger partial charge in [-0.3, -0.25) is 9.79 Å². The maximum absolute atomic E-state index is 11.0. The second kappa shape index (κ2) is 4.55. The first-order valence-electron chi connectivity index (χ1n) is 4.24. The number of carbonyl (C=O) groups is 1. The summed E-state index contributed by atoms with van der Waals surface area (Å²) in [5.74, 6) is 0.0684. The average Bonchev–Trinajstić information content (AvgIpc) is 2.15. The van der Waals surface area contributed by atoms with E-state index in [1.807, 2.05) is 30.3 Å². The van der Waals surface area contributed by atoms with E-state index in [-0.39, 0.29) is 11.8 Å². The molecule has 0 unspecified atom stereocenters. The zero-order valence-electron chi connectivity index (χ0n) is 7.73. The molecule has 0 saturated heterocycles. The second-order valence-electron chi connectivity index (χ2n) is 3.00. The molecule has 1 atom stereocenters. The summed E-state index contributed by atoms with van der Waals surface area (Å²) in [7, 11) is 0. The number of aliphatic imine (C=N–C) groups is 1. The molecule has 0 aromatic heterocycles. The average molecular weight is 175 g/mol. The van der Waals surface area contributed by atoms with Crippen LogP contribution in [0.4, 0.5) is 0 Å². The van der Waals surface area contributed by atoms with Crippen LogP contribution in [0, 0.1) is 0 Å². The Balaban J connectivity index is 2.67. The van der Waals surface area contributed by atoms with Crippen LogP contribution in [0.25, 0.3) is 0 Å². The topological polar surface area (TPSA) is 29.4 Å². The van der Waals surface area contributed by atoms with Crippen molar-refractivity contribution >= 4 is 12.5 Å². The van der Waals surface area contributed by atoms with Crippen LogP contribution in [0.5, 0.6) is 0 Å². The van der Waals surface area contributed by atoms with E-state index in [1.54, 1.807) is 6.92 Å². The first kappa shape index (κ1) is 9.65. The minimum Gasteiger partial charge on any atom is -0.298 e. The largest absolute Gasteiger partial charge is 0.298 e. The molecule has 0 heterocycles. The summed E-state index contributed by atoms with van der Waals surface area (Å²) >= 11 is 0. The molecule has 0 N–H and O–H groups in total. The van der Waals surface area contributed by atoms with E-state index in [9.17, 15) is 4.79 Å². The van der Waals surface area contributed by atoms with Crippen LogP contribution in [0.3, 0.4) is 0 Å². The van der Waals surface area contributed by atoms with Gasteiger partial charge in [0.1, 0.15) is 6.04 Å². The van der Waals surface area contributed by atoms with Crippen molar-refractivity contribution in [2.24, 2.45) is 4.99 Å². The molecule has 0 bridgehead atoms. The molecule has 0 aliphatic carbocycles. The molecule has 1 rings (SSSR count). The fourth-order valence-electron chi connectivity index (χ4n) is 1.17. The van der Waals surface area contributed by atoms with E-state index in [1.165, 1.54) is 0 Å². The van der Waals surface area contributed by atoms with Crippen molar-refractivity contribution in [2.45, 2.75) is 19.4 Å².